The third kappa shape index (κ3) is 4.48. The van der Waals surface area contributed by atoms with Crippen LogP contribution in [0.25, 0.3) is 0 Å². The fourth-order valence-electron chi connectivity index (χ4n) is 2.45. The van der Waals surface area contributed by atoms with Crippen LogP contribution in [0.3, 0.4) is 0 Å². The van der Waals surface area contributed by atoms with E-state index in [-0.39, 0.29) is 12.6 Å². The SMILES string of the molecule is CCCN(CC(F)(F)F)C(=O)C1CCCCC1N. The lowest BCUT2D eigenvalue weighted by Gasteiger charge is -2.33. The smallest absolute Gasteiger partial charge is 0.333 e. The van der Waals surface area contributed by atoms with E-state index >= 15 is 0 Å². The van der Waals surface area contributed by atoms with Crippen LogP contribution >= 0.6 is 0 Å². The molecule has 0 aromatic heterocycles. The molecule has 0 aliphatic heterocycles. The maximum absolute atomic E-state index is 12.4. The number of halogens is 3. The van der Waals surface area contributed by atoms with Crippen molar-refractivity contribution in [2.45, 2.75) is 51.2 Å². The van der Waals surface area contributed by atoms with Crippen LogP contribution in [0.15, 0.2) is 0 Å². The number of carbonyl (C=O) groups excluding carboxylic acids is 1. The minimum Gasteiger partial charge on any atom is -0.333 e. The first kappa shape index (κ1) is 15.3. The van der Waals surface area contributed by atoms with E-state index in [0.717, 1.165) is 24.2 Å². The van der Waals surface area contributed by atoms with Crippen LogP contribution in [0.5, 0.6) is 0 Å². The highest BCUT2D eigenvalue weighted by Crippen LogP contribution is 2.26. The molecule has 18 heavy (non-hydrogen) atoms. The second kappa shape index (κ2) is 6.41. The molecule has 0 saturated heterocycles. The van der Waals surface area contributed by atoms with Crippen LogP contribution in [-0.2, 0) is 4.79 Å². The summed E-state index contributed by atoms with van der Waals surface area (Å²) >= 11 is 0. The van der Waals surface area contributed by atoms with Gasteiger partial charge in [-0.3, -0.25) is 4.79 Å². The Kier molecular flexibility index (Phi) is 5.44. The second-order valence-corrected chi connectivity index (χ2v) is 4.93. The Morgan fingerprint density at radius 3 is 2.44 bits per heavy atom. The Labute approximate surface area is 106 Å². The van der Waals surface area contributed by atoms with Crippen molar-refractivity contribution in [1.29, 1.82) is 0 Å². The fraction of sp³-hybridized carbons (Fsp3) is 0.917. The normalized spacial score (nSPS) is 24.9. The molecule has 0 heterocycles. The van der Waals surface area contributed by atoms with Crippen LogP contribution in [-0.4, -0.2) is 36.1 Å². The fourth-order valence-corrected chi connectivity index (χ4v) is 2.45. The van der Waals surface area contributed by atoms with Crippen molar-refractivity contribution in [3.8, 4) is 0 Å². The van der Waals surface area contributed by atoms with E-state index in [0.29, 0.717) is 12.8 Å². The van der Waals surface area contributed by atoms with Gasteiger partial charge in [-0.1, -0.05) is 19.8 Å². The summed E-state index contributed by atoms with van der Waals surface area (Å²) in [4.78, 5) is 13.0. The van der Waals surface area contributed by atoms with Crippen LogP contribution < -0.4 is 5.73 Å². The van der Waals surface area contributed by atoms with Crippen LogP contribution in [0.1, 0.15) is 39.0 Å². The zero-order chi connectivity index (χ0) is 13.8. The molecule has 0 radical (unpaired) electrons. The largest absolute Gasteiger partial charge is 0.406 e. The summed E-state index contributed by atoms with van der Waals surface area (Å²) in [7, 11) is 0. The lowest BCUT2D eigenvalue weighted by molar-refractivity contribution is -0.164. The molecule has 2 N–H and O–H groups in total. The zero-order valence-electron chi connectivity index (χ0n) is 10.7. The molecule has 0 bridgehead atoms. The van der Waals surface area contributed by atoms with Crippen molar-refractivity contribution in [2.75, 3.05) is 13.1 Å². The van der Waals surface area contributed by atoms with E-state index in [4.69, 9.17) is 5.73 Å². The van der Waals surface area contributed by atoms with Gasteiger partial charge in [0.05, 0.1) is 5.92 Å². The first-order valence-electron chi connectivity index (χ1n) is 6.46. The predicted molar refractivity (Wildman–Crippen MR) is 62.9 cm³/mol. The lowest BCUT2D eigenvalue weighted by atomic mass is 9.84. The molecular formula is C12H21F3N2O. The minimum absolute atomic E-state index is 0.140. The number of alkyl halides is 3. The summed E-state index contributed by atoms with van der Waals surface area (Å²) in [6.07, 6.45) is -0.665. The number of hydrogen-bond donors (Lipinski definition) is 1. The molecule has 2 atom stereocenters. The van der Waals surface area contributed by atoms with Gasteiger partial charge in [-0.05, 0) is 19.3 Å². The minimum atomic E-state index is -4.34. The maximum atomic E-state index is 12.4. The van der Waals surface area contributed by atoms with Crippen molar-refractivity contribution in [1.82, 2.24) is 4.90 Å². The highest BCUT2D eigenvalue weighted by atomic mass is 19.4. The van der Waals surface area contributed by atoms with Gasteiger partial charge in [0.15, 0.2) is 0 Å². The number of amides is 1. The number of nitrogens with two attached hydrogens (primary N) is 1. The van der Waals surface area contributed by atoms with E-state index in [2.05, 4.69) is 0 Å². The highest BCUT2D eigenvalue weighted by molar-refractivity contribution is 5.79. The second-order valence-electron chi connectivity index (χ2n) is 4.93. The molecule has 1 aliphatic rings. The van der Waals surface area contributed by atoms with Gasteiger partial charge in [0.2, 0.25) is 5.91 Å². The first-order chi connectivity index (χ1) is 8.35. The maximum Gasteiger partial charge on any atom is 0.406 e. The van der Waals surface area contributed by atoms with E-state index < -0.39 is 24.5 Å². The molecule has 1 aliphatic carbocycles. The molecule has 1 amide bonds. The number of carbonyl (C=O) groups is 1. The Bertz CT molecular complexity index is 281. The summed E-state index contributed by atoms with van der Waals surface area (Å²) in [5.41, 5.74) is 5.85. The standard InChI is InChI=1S/C12H21F3N2O/c1-2-7-17(8-12(13,14)15)11(18)9-5-3-4-6-10(9)16/h9-10H,2-8,16H2,1H3. The highest BCUT2D eigenvalue weighted by Gasteiger charge is 2.37. The van der Waals surface area contributed by atoms with Crippen molar-refractivity contribution in [3.63, 3.8) is 0 Å². The summed E-state index contributed by atoms with van der Waals surface area (Å²) in [5.74, 6) is -0.867. The van der Waals surface area contributed by atoms with Gasteiger partial charge in [0, 0.05) is 12.6 Å². The van der Waals surface area contributed by atoms with E-state index in [9.17, 15) is 18.0 Å². The van der Waals surface area contributed by atoms with Crippen molar-refractivity contribution < 1.29 is 18.0 Å². The molecule has 6 heteroatoms. The molecule has 1 saturated carbocycles. The van der Waals surface area contributed by atoms with Crippen LogP contribution in [0, 0.1) is 5.92 Å². The summed E-state index contributed by atoms with van der Waals surface area (Å²) < 4.78 is 37.3. The molecular weight excluding hydrogens is 245 g/mol. The van der Waals surface area contributed by atoms with Gasteiger partial charge in [0.25, 0.3) is 0 Å². The van der Waals surface area contributed by atoms with Crippen molar-refractivity contribution >= 4 is 5.91 Å². The molecule has 1 fully saturated rings. The average Bonchev–Trinajstić information content (AvgIpc) is 2.26. The molecule has 0 aromatic rings. The van der Waals surface area contributed by atoms with Crippen molar-refractivity contribution in [2.24, 2.45) is 11.7 Å². The molecule has 3 nitrogen and oxygen atoms in total. The average molecular weight is 266 g/mol. The van der Waals surface area contributed by atoms with Gasteiger partial charge in [0.1, 0.15) is 6.54 Å². The molecule has 106 valence electrons. The number of rotatable bonds is 4. The zero-order valence-corrected chi connectivity index (χ0v) is 10.7. The third-order valence-electron chi connectivity index (χ3n) is 3.31. The van der Waals surface area contributed by atoms with E-state index in [1.54, 1.807) is 6.92 Å². The Morgan fingerprint density at radius 1 is 1.33 bits per heavy atom. The van der Waals surface area contributed by atoms with Gasteiger partial charge in [-0.15, -0.1) is 0 Å². The summed E-state index contributed by atoms with van der Waals surface area (Å²) in [6.45, 7) is 0.738. The van der Waals surface area contributed by atoms with E-state index in [1.807, 2.05) is 0 Å². The Morgan fingerprint density at radius 2 is 1.94 bits per heavy atom. The van der Waals surface area contributed by atoms with Gasteiger partial charge in [-0.25, -0.2) is 0 Å². The van der Waals surface area contributed by atoms with Gasteiger partial charge >= 0.3 is 6.18 Å². The van der Waals surface area contributed by atoms with Crippen LogP contribution in [0.4, 0.5) is 13.2 Å². The Hall–Kier alpha value is -0.780. The van der Waals surface area contributed by atoms with E-state index in [1.165, 1.54) is 0 Å². The van der Waals surface area contributed by atoms with Gasteiger partial charge in [-0.2, -0.15) is 13.2 Å². The molecule has 0 spiro atoms. The first-order valence-corrected chi connectivity index (χ1v) is 6.46. The molecule has 2 unspecified atom stereocenters. The summed E-state index contributed by atoms with van der Waals surface area (Å²) in [5, 5.41) is 0. The monoisotopic (exact) mass is 266 g/mol. The Balaban J connectivity index is 2.68. The number of hydrogen-bond acceptors (Lipinski definition) is 2. The predicted octanol–water partition coefficient (Wildman–Crippen LogP) is 2.30. The molecule has 0 aromatic carbocycles. The molecule has 1 rings (SSSR count). The van der Waals surface area contributed by atoms with Crippen molar-refractivity contribution in [3.05, 3.63) is 0 Å². The topological polar surface area (TPSA) is 46.3 Å². The quantitative estimate of drug-likeness (QED) is 0.848. The summed E-state index contributed by atoms with van der Waals surface area (Å²) in [6, 6.07) is -0.293. The number of nitrogens with zero attached hydrogens (tertiary/aromatic N) is 1. The van der Waals surface area contributed by atoms with Crippen LogP contribution in [0.2, 0.25) is 0 Å². The lowest BCUT2D eigenvalue weighted by Crippen LogP contribution is -2.48. The van der Waals surface area contributed by atoms with Gasteiger partial charge < -0.3 is 10.6 Å². The third-order valence-corrected chi connectivity index (χ3v) is 3.31.